The maximum Gasteiger partial charge on any atom is 0.349 e. The van der Waals surface area contributed by atoms with Crippen LogP contribution in [-0.2, 0) is 20.2 Å². The molecule has 5 nitrogen and oxygen atoms in total. The molecule has 2 rings (SSSR count). The minimum Gasteiger partial charge on any atom is -0.481 e. The largest absolute Gasteiger partial charge is 0.481 e. The van der Waals surface area contributed by atoms with Gasteiger partial charge in [-0.05, 0) is 12.8 Å². The van der Waals surface area contributed by atoms with Crippen molar-refractivity contribution in [2.45, 2.75) is 18.8 Å². The third-order valence-corrected chi connectivity index (χ3v) is 4.14. The molecular formula is C16H19F2NO4. The number of benzene rings is 1. The Balaban J connectivity index is 2.24. The van der Waals surface area contributed by atoms with Gasteiger partial charge in [-0.1, -0.05) is 30.3 Å². The number of halogens is 2. The Morgan fingerprint density at radius 1 is 1.35 bits per heavy atom. The molecule has 1 saturated heterocycles. The van der Waals surface area contributed by atoms with Gasteiger partial charge in [0.1, 0.15) is 5.41 Å². The Hall–Kier alpha value is -2.02. The molecule has 1 aliphatic rings. The molecule has 1 aromatic carbocycles. The standard InChI is InChI=1S/C16H19F2NO4/c1-23-11-15(14(21)22)8-5-9-19(10-15)13(20)16(17,18)12-6-3-2-4-7-12/h2-4,6-7H,5,8-11H2,1H3,(H,21,22). The molecule has 1 heterocycles. The van der Waals surface area contributed by atoms with E-state index < -0.39 is 28.8 Å². The number of ether oxygens (including phenoxy) is 1. The number of carbonyl (C=O) groups excluding carboxylic acids is 1. The van der Waals surface area contributed by atoms with Crippen molar-refractivity contribution in [1.29, 1.82) is 0 Å². The molecule has 1 amide bonds. The molecule has 0 bridgehead atoms. The summed E-state index contributed by atoms with van der Waals surface area (Å²) in [6.45, 7) is -0.291. The third kappa shape index (κ3) is 3.34. The number of likely N-dealkylation sites (tertiary alicyclic amines) is 1. The van der Waals surface area contributed by atoms with Crippen LogP contribution in [0.3, 0.4) is 0 Å². The summed E-state index contributed by atoms with van der Waals surface area (Å²) >= 11 is 0. The van der Waals surface area contributed by atoms with Gasteiger partial charge in [0.25, 0.3) is 5.91 Å². The Bertz CT molecular complexity index is 575. The molecule has 0 aromatic heterocycles. The highest BCUT2D eigenvalue weighted by molar-refractivity contribution is 5.86. The van der Waals surface area contributed by atoms with Gasteiger partial charge >= 0.3 is 11.9 Å². The topological polar surface area (TPSA) is 66.8 Å². The lowest BCUT2D eigenvalue weighted by Crippen LogP contribution is -2.54. The zero-order valence-corrected chi connectivity index (χ0v) is 12.8. The normalized spacial score (nSPS) is 22.0. The van der Waals surface area contributed by atoms with Crippen molar-refractivity contribution in [3.05, 3.63) is 35.9 Å². The van der Waals surface area contributed by atoms with Gasteiger partial charge in [0.05, 0.1) is 6.61 Å². The van der Waals surface area contributed by atoms with Crippen molar-refractivity contribution < 1.29 is 28.2 Å². The van der Waals surface area contributed by atoms with Crippen LogP contribution in [-0.4, -0.2) is 48.7 Å². The van der Waals surface area contributed by atoms with Gasteiger partial charge in [0, 0.05) is 25.8 Å². The summed E-state index contributed by atoms with van der Waals surface area (Å²) < 4.78 is 33.7. The predicted molar refractivity (Wildman–Crippen MR) is 78.1 cm³/mol. The third-order valence-electron chi connectivity index (χ3n) is 4.14. The average Bonchev–Trinajstić information content (AvgIpc) is 2.55. The number of alkyl halides is 2. The molecule has 1 aliphatic heterocycles. The van der Waals surface area contributed by atoms with E-state index in [4.69, 9.17) is 4.74 Å². The summed E-state index contributed by atoms with van der Waals surface area (Å²) in [7, 11) is 1.35. The van der Waals surface area contributed by atoms with Crippen molar-refractivity contribution in [3.63, 3.8) is 0 Å². The number of hydrogen-bond acceptors (Lipinski definition) is 3. The number of methoxy groups -OCH3 is 1. The highest BCUT2D eigenvalue weighted by Crippen LogP contribution is 2.36. The number of hydrogen-bond donors (Lipinski definition) is 1. The Kier molecular flexibility index (Phi) is 4.99. The SMILES string of the molecule is COCC1(C(=O)O)CCCN(C(=O)C(F)(F)c2ccccc2)C1. The van der Waals surface area contributed by atoms with Crippen molar-refractivity contribution in [1.82, 2.24) is 4.90 Å². The van der Waals surface area contributed by atoms with Crippen LogP contribution < -0.4 is 0 Å². The average molecular weight is 327 g/mol. The van der Waals surface area contributed by atoms with Gasteiger partial charge in [0.15, 0.2) is 0 Å². The summed E-state index contributed by atoms with van der Waals surface area (Å²) in [5.74, 6) is -6.19. The molecule has 0 aliphatic carbocycles. The summed E-state index contributed by atoms with van der Waals surface area (Å²) in [5, 5.41) is 9.43. The first-order valence-electron chi connectivity index (χ1n) is 7.28. The first-order valence-corrected chi connectivity index (χ1v) is 7.28. The number of amides is 1. The molecule has 1 aromatic rings. The van der Waals surface area contributed by atoms with Gasteiger partial charge in [-0.2, -0.15) is 8.78 Å². The fraction of sp³-hybridized carbons (Fsp3) is 0.500. The maximum absolute atomic E-state index is 14.4. The number of carboxylic acid groups (broad SMARTS) is 1. The van der Waals surface area contributed by atoms with Crippen LogP contribution >= 0.6 is 0 Å². The smallest absolute Gasteiger partial charge is 0.349 e. The zero-order chi connectivity index (χ0) is 17.1. The number of aliphatic carboxylic acids is 1. The monoisotopic (exact) mass is 327 g/mol. The van der Waals surface area contributed by atoms with E-state index in [0.717, 1.165) is 4.90 Å². The highest BCUT2D eigenvalue weighted by atomic mass is 19.3. The lowest BCUT2D eigenvalue weighted by Gasteiger charge is -2.40. The second-order valence-corrected chi connectivity index (χ2v) is 5.79. The van der Waals surface area contributed by atoms with E-state index in [1.165, 1.54) is 31.4 Å². The minimum absolute atomic E-state index is 0.111. The van der Waals surface area contributed by atoms with Crippen molar-refractivity contribution >= 4 is 11.9 Å². The number of rotatable bonds is 5. The Morgan fingerprint density at radius 3 is 2.57 bits per heavy atom. The van der Waals surface area contributed by atoms with Gasteiger partial charge in [-0.3, -0.25) is 9.59 Å². The van der Waals surface area contributed by atoms with E-state index in [0.29, 0.717) is 6.42 Å². The summed E-state index contributed by atoms with van der Waals surface area (Å²) in [5.41, 5.74) is -1.74. The number of nitrogens with zero attached hydrogens (tertiary/aromatic N) is 1. The number of carboxylic acids is 1. The van der Waals surface area contributed by atoms with Crippen LogP contribution in [0.2, 0.25) is 0 Å². The Labute approximate surface area is 132 Å². The molecule has 1 fully saturated rings. The fourth-order valence-electron chi connectivity index (χ4n) is 2.91. The van der Waals surface area contributed by atoms with Crippen LogP contribution in [0.4, 0.5) is 8.78 Å². The molecule has 0 radical (unpaired) electrons. The van der Waals surface area contributed by atoms with E-state index in [1.807, 2.05) is 0 Å². The zero-order valence-electron chi connectivity index (χ0n) is 12.8. The van der Waals surface area contributed by atoms with Gasteiger partial charge in [0.2, 0.25) is 0 Å². The number of piperidine rings is 1. The molecule has 1 unspecified atom stereocenters. The second-order valence-electron chi connectivity index (χ2n) is 5.79. The van der Waals surface area contributed by atoms with Crippen LogP contribution in [0.15, 0.2) is 30.3 Å². The molecular weight excluding hydrogens is 308 g/mol. The minimum atomic E-state index is -3.68. The van der Waals surface area contributed by atoms with Gasteiger partial charge < -0.3 is 14.7 Å². The molecule has 23 heavy (non-hydrogen) atoms. The summed E-state index contributed by atoms with van der Waals surface area (Å²) in [6, 6.07) is 6.81. The first kappa shape index (κ1) is 17.3. The van der Waals surface area contributed by atoms with E-state index in [2.05, 4.69) is 0 Å². The second kappa shape index (κ2) is 6.62. The van der Waals surface area contributed by atoms with E-state index in [-0.39, 0.29) is 26.1 Å². The Morgan fingerprint density at radius 2 is 2.00 bits per heavy atom. The van der Waals surface area contributed by atoms with Crippen molar-refractivity contribution in [3.8, 4) is 0 Å². The van der Waals surface area contributed by atoms with Crippen LogP contribution in [0, 0.1) is 5.41 Å². The van der Waals surface area contributed by atoms with Crippen molar-refractivity contribution in [2.24, 2.45) is 5.41 Å². The van der Waals surface area contributed by atoms with E-state index in [9.17, 15) is 23.5 Å². The van der Waals surface area contributed by atoms with Crippen LogP contribution in [0.1, 0.15) is 18.4 Å². The van der Waals surface area contributed by atoms with E-state index >= 15 is 0 Å². The molecule has 7 heteroatoms. The molecule has 0 saturated carbocycles. The molecule has 126 valence electrons. The van der Waals surface area contributed by atoms with Gasteiger partial charge in [-0.15, -0.1) is 0 Å². The first-order chi connectivity index (χ1) is 10.8. The predicted octanol–water partition coefficient (Wildman–Crippen LogP) is 2.12. The lowest BCUT2D eigenvalue weighted by molar-refractivity contribution is -0.170. The maximum atomic E-state index is 14.4. The lowest BCUT2D eigenvalue weighted by atomic mass is 9.80. The highest BCUT2D eigenvalue weighted by Gasteiger charge is 2.49. The van der Waals surface area contributed by atoms with Crippen LogP contribution in [0.5, 0.6) is 0 Å². The fourth-order valence-corrected chi connectivity index (χ4v) is 2.91. The van der Waals surface area contributed by atoms with Gasteiger partial charge in [-0.25, -0.2) is 0 Å². The number of carbonyl (C=O) groups is 2. The quantitative estimate of drug-likeness (QED) is 0.899. The van der Waals surface area contributed by atoms with Crippen LogP contribution in [0.25, 0.3) is 0 Å². The summed E-state index contributed by atoms with van der Waals surface area (Å²) in [4.78, 5) is 24.8. The molecule has 0 spiro atoms. The van der Waals surface area contributed by atoms with E-state index in [1.54, 1.807) is 6.07 Å². The molecule has 1 N–H and O–H groups in total. The van der Waals surface area contributed by atoms with Crippen molar-refractivity contribution in [2.75, 3.05) is 26.8 Å². The molecule has 1 atom stereocenters. The summed E-state index contributed by atoms with van der Waals surface area (Å²) in [6.07, 6.45) is 0.628.